The molecule has 0 amide bonds. The number of halogens is 2. The van der Waals surface area contributed by atoms with Gasteiger partial charge in [0.25, 0.3) is 5.56 Å². The normalized spacial score (nSPS) is 10.6. The summed E-state index contributed by atoms with van der Waals surface area (Å²) in [5.41, 5.74) is 1.37. The van der Waals surface area contributed by atoms with E-state index in [1.165, 1.54) is 17.8 Å². The van der Waals surface area contributed by atoms with Crippen LogP contribution in [-0.2, 0) is 5.75 Å². The van der Waals surface area contributed by atoms with Gasteiger partial charge in [-0.1, -0.05) is 41.0 Å². The molecule has 0 saturated heterocycles. The Balaban J connectivity index is 2.19. The third-order valence-corrected chi connectivity index (χ3v) is 3.87. The first-order valence-electron chi connectivity index (χ1n) is 5.20. The number of rotatable bonds is 3. The molecule has 2 rings (SSSR count). The average molecular weight is 301 g/mol. The first-order chi connectivity index (χ1) is 8.56. The molecule has 0 fully saturated rings. The van der Waals surface area contributed by atoms with Gasteiger partial charge in [0.2, 0.25) is 0 Å². The van der Waals surface area contributed by atoms with E-state index in [9.17, 15) is 4.79 Å². The number of aromatic nitrogens is 2. The van der Waals surface area contributed by atoms with Crippen molar-refractivity contribution in [2.24, 2.45) is 0 Å². The van der Waals surface area contributed by atoms with E-state index < -0.39 is 0 Å². The lowest BCUT2D eigenvalue weighted by atomic mass is 10.2. The van der Waals surface area contributed by atoms with Crippen LogP contribution in [0.5, 0.6) is 0 Å². The quantitative estimate of drug-likeness (QED) is 0.695. The number of H-pyrrole nitrogens is 1. The van der Waals surface area contributed by atoms with Gasteiger partial charge in [-0.3, -0.25) is 4.79 Å². The molecule has 1 heterocycles. The van der Waals surface area contributed by atoms with Crippen molar-refractivity contribution in [2.75, 3.05) is 0 Å². The smallest absolute Gasteiger partial charge is 0.251 e. The Morgan fingerprint density at radius 1 is 1.33 bits per heavy atom. The SMILES string of the molecule is Cc1cc(=O)[nH]c(SCc2c(Cl)cccc2Cl)n1. The highest BCUT2D eigenvalue weighted by molar-refractivity contribution is 7.98. The number of hydrogen-bond donors (Lipinski definition) is 1. The summed E-state index contributed by atoms with van der Waals surface area (Å²) in [5.74, 6) is 0.560. The molecule has 94 valence electrons. The highest BCUT2D eigenvalue weighted by Gasteiger charge is 2.07. The zero-order valence-corrected chi connectivity index (χ0v) is 11.9. The van der Waals surface area contributed by atoms with Crippen LogP contribution in [0.25, 0.3) is 0 Å². The van der Waals surface area contributed by atoms with Crippen LogP contribution in [0.4, 0.5) is 0 Å². The largest absolute Gasteiger partial charge is 0.301 e. The van der Waals surface area contributed by atoms with E-state index in [1.807, 2.05) is 0 Å². The summed E-state index contributed by atoms with van der Waals surface area (Å²) < 4.78 is 0. The van der Waals surface area contributed by atoms with Crippen LogP contribution < -0.4 is 5.56 Å². The molecule has 6 heteroatoms. The fourth-order valence-electron chi connectivity index (χ4n) is 1.43. The standard InChI is InChI=1S/C12H10Cl2N2OS/c1-7-5-11(17)16-12(15-7)18-6-8-9(13)3-2-4-10(8)14/h2-5H,6H2,1H3,(H,15,16,17). The number of aryl methyl sites for hydroxylation is 1. The van der Waals surface area contributed by atoms with Crippen LogP contribution in [0.2, 0.25) is 10.0 Å². The van der Waals surface area contributed by atoms with E-state index in [0.717, 1.165) is 5.56 Å². The zero-order chi connectivity index (χ0) is 13.1. The number of benzene rings is 1. The number of nitrogens with one attached hydrogen (secondary N) is 1. The maximum atomic E-state index is 11.3. The summed E-state index contributed by atoms with van der Waals surface area (Å²) in [6, 6.07) is 6.82. The lowest BCUT2D eigenvalue weighted by Crippen LogP contribution is -2.08. The summed E-state index contributed by atoms with van der Waals surface area (Å²) in [5, 5.41) is 1.80. The highest BCUT2D eigenvalue weighted by atomic mass is 35.5. The molecule has 0 aliphatic carbocycles. The van der Waals surface area contributed by atoms with Crippen molar-refractivity contribution in [3.05, 3.63) is 55.9 Å². The van der Waals surface area contributed by atoms with Crippen molar-refractivity contribution in [3.63, 3.8) is 0 Å². The van der Waals surface area contributed by atoms with E-state index in [2.05, 4.69) is 9.97 Å². The van der Waals surface area contributed by atoms with Gasteiger partial charge >= 0.3 is 0 Å². The van der Waals surface area contributed by atoms with Crippen LogP contribution in [-0.4, -0.2) is 9.97 Å². The maximum Gasteiger partial charge on any atom is 0.251 e. The Bertz CT molecular complexity index is 607. The van der Waals surface area contributed by atoms with Crippen molar-refractivity contribution >= 4 is 35.0 Å². The molecule has 0 saturated carbocycles. The molecule has 0 aliphatic rings. The predicted octanol–water partition coefficient (Wildman–Crippen LogP) is 3.68. The fraction of sp³-hybridized carbons (Fsp3) is 0.167. The molecule has 0 spiro atoms. The molecule has 0 aliphatic heterocycles. The number of thioether (sulfide) groups is 1. The molecule has 18 heavy (non-hydrogen) atoms. The highest BCUT2D eigenvalue weighted by Crippen LogP contribution is 2.29. The van der Waals surface area contributed by atoms with E-state index >= 15 is 0 Å². The lowest BCUT2D eigenvalue weighted by Gasteiger charge is -2.06. The van der Waals surface area contributed by atoms with Crippen LogP contribution in [0.3, 0.4) is 0 Å². The van der Waals surface area contributed by atoms with E-state index in [0.29, 0.717) is 26.6 Å². The topological polar surface area (TPSA) is 45.8 Å². The molecule has 1 aromatic heterocycles. The molecule has 1 aromatic carbocycles. The molecule has 1 N–H and O–H groups in total. The lowest BCUT2D eigenvalue weighted by molar-refractivity contribution is 0.905. The maximum absolute atomic E-state index is 11.3. The van der Waals surface area contributed by atoms with Crippen molar-refractivity contribution in [3.8, 4) is 0 Å². The van der Waals surface area contributed by atoms with E-state index in [-0.39, 0.29) is 5.56 Å². The molecule has 0 radical (unpaired) electrons. The zero-order valence-electron chi connectivity index (χ0n) is 9.54. The van der Waals surface area contributed by atoms with Crippen molar-refractivity contribution < 1.29 is 0 Å². The third-order valence-electron chi connectivity index (χ3n) is 2.26. The molecule has 0 bridgehead atoms. The molecular weight excluding hydrogens is 291 g/mol. The first-order valence-corrected chi connectivity index (χ1v) is 6.94. The second kappa shape index (κ2) is 5.78. The Morgan fingerprint density at radius 2 is 2.00 bits per heavy atom. The van der Waals surface area contributed by atoms with Gasteiger partial charge in [0.05, 0.1) is 0 Å². The van der Waals surface area contributed by atoms with Crippen LogP contribution in [0.15, 0.2) is 34.2 Å². The van der Waals surface area contributed by atoms with E-state index in [4.69, 9.17) is 23.2 Å². The minimum Gasteiger partial charge on any atom is -0.301 e. The fourth-order valence-corrected chi connectivity index (χ4v) is 3.09. The molecule has 0 atom stereocenters. The van der Waals surface area contributed by atoms with Gasteiger partial charge in [-0.25, -0.2) is 4.98 Å². The molecule has 0 unspecified atom stereocenters. The monoisotopic (exact) mass is 300 g/mol. The summed E-state index contributed by atoms with van der Waals surface area (Å²) in [6.07, 6.45) is 0. The first kappa shape index (κ1) is 13.5. The molecule has 2 aromatic rings. The summed E-state index contributed by atoms with van der Waals surface area (Å²) in [4.78, 5) is 18.2. The Morgan fingerprint density at radius 3 is 2.61 bits per heavy atom. The van der Waals surface area contributed by atoms with Gasteiger partial charge in [-0.05, 0) is 24.6 Å². The van der Waals surface area contributed by atoms with Crippen LogP contribution in [0.1, 0.15) is 11.3 Å². The van der Waals surface area contributed by atoms with Gasteiger partial charge in [-0.15, -0.1) is 0 Å². The minimum atomic E-state index is -0.157. The van der Waals surface area contributed by atoms with Gasteiger partial charge in [0.1, 0.15) is 0 Å². The molecular formula is C12H10Cl2N2OS. The summed E-state index contributed by atoms with van der Waals surface area (Å²) in [6.45, 7) is 1.78. The van der Waals surface area contributed by atoms with E-state index in [1.54, 1.807) is 25.1 Å². The minimum absolute atomic E-state index is 0.157. The summed E-state index contributed by atoms with van der Waals surface area (Å²) in [7, 11) is 0. The Hall–Kier alpha value is -0.970. The van der Waals surface area contributed by atoms with Crippen LogP contribution in [0, 0.1) is 6.92 Å². The molecule has 3 nitrogen and oxygen atoms in total. The van der Waals surface area contributed by atoms with Gasteiger partial charge in [0, 0.05) is 27.6 Å². The van der Waals surface area contributed by atoms with Gasteiger partial charge in [0.15, 0.2) is 5.16 Å². The van der Waals surface area contributed by atoms with Gasteiger partial charge in [-0.2, -0.15) is 0 Å². The Kier molecular flexibility index (Phi) is 4.32. The van der Waals surface area contributed by atoms with Crippen molar-refractivity contribution in [1.82, 2.24) is 9.97 Å². The summed E-state index contributed by atoms with van der Waals surface area (Å²) >= 11 is 13.5. The Labute approximate surface area is 119 Å². The second-order valence-corrected chi connectivity index (χ2v) is 5.46. The third kappa shape index (κ3) is 3.28. The number of aromatic amines is 1. The van der Waals surface area contributed by atoms with Crippen molar-refractivity contribution in [2.45, 2.75) is 17.8 Å². The van der Waals surface area contributed by atoms with Crippen molar-refractivity contribution in [1.29, 1.82) is 0 Å². The number of nitrogens with zero attached hydrogens (tertiary/aromatic N) is 1. The van der Waals surface area contributed by atoms with Gasteiger partial charge < -0.3 is 4.98 Å². The second-order valence-electron chi connectivity index (χ2n) is 3.68. The number of hydrogen-bond acceptors (Lipinski definition) is 3. The average Bonchev–Trinajstić information content (AvgIpc) is 2.27. The van der Waals surface area contributed by atoms with Crippen LogP contribution >= 0.6 is 35.0 Å². The predicted molar refractivity (Wildman–Crippen MR) is 75.6 cm³/mol.